The average Bonchev–Trinajstić information content (AvgIpc) is 2.53. The van der Waals surface area contributed by atoms with Gasteiger partial charge in [0.2, 0.25) is 0 Å². The smallest absolute Gasteiger partial charge is 0.0657 e. The van der Waals surface area contributed by atoms with Crippen LogP contribution in [0.4, 0.5) is 0 Å². The van der Waals surface area contributed by atoms with Crippen LogP contribution in [0, 0.1) is 0 Å². The van der Waals surface area contributed by atoms with Crippen LogP contribution in [0.5, 0.6) is 0 Å². The molecule has 0 bridgehead atoms. The molecule has 1 N–H and O–H groups in total. The van der Waals surface area contributed by atoms with Crippen LogP contribution < -0.4 is 5.32 Å². The maximum atomic E-state index is 5.40. The summed E-state index contributed by atoms with van der Waals surface area (Å²) in [6, 6.07) is 10.9. The number of rotatable bonds is 7. The van der Waals surface area contributed by atoms with Crippen molar-refractivity contribution >= 4 is 11.8 Å². The Morgan fingerprint density at radius 1 is 1.20 bits per heavy atom. The summed E-state index contributed by atoms with van der Waals surface area (Å²) in [5.41, 5.74) is 1.32. The summed E-state index contributed by atoms with van der Waals surface area (Å²) < 4.78 is 5.83. The van der Waals surface area contributed by atoms with Gasteiger partial charge in [-0.05, 0) is 24.7 Å². The number of hydrogen-bond donors (Lipinski definition) is 1. The molecule has 0 radical (unpaired) electrons. The maximum Gasteiger partial charge on any atom is 0.0657 e. The lowest BCUT2D eigenvalue weighted by atomic mass is 9.88. The maximum absolute atomic E-state index is 5.40. The van der Waals surface area contributed by atoms with E-state index in [1.54, 1.807) is 7.11 Å². The van der Waals surface area contributed by atoms with Crippen LogP contribution in [-0.2, 0) is 4.74 Å². The van der Waals surface area contributed by atoms with Gasteiger partial charge in [0.05, 0.1) is 12.6 Å². The van der Waals surface area contributed by atoms with Gasteiger partial charge in [-0.2, -0.15) is 11.8 Å². The van der Waals surface area contributed by atoms with Crippen LogP contribution in [-0.4, -0.2) is 31.3 Å². The number of nitrogens with one attached hydrogen (secondary N) is 1. The zero-order valence-electron chi connectivity index (χ0n) is 12.7. The van der Waals surface area contributed by atoms with Crippen molar-refractivity contribution in [3.8, 4) is 0 Å². The fraction of sp³-hybridized carbons (Fsp3) is 0.647. The minimum absolute atomic E-state index is 0.298. The van der Waals surface area contributed by atoms with Crippen LogP contribution in [0.3, 0.4) is 0 Å². The van der Waals surface area contributed by atoms with E-state index < -0.39 is 0 Å². The first-order chi connectivity index (χ1) is 9.79. The molecular weight excluding hydrogens is 266 g/mol. The Labute approximate surface area is 127 Å². The minimum Gasteiger partial charge on any atom is -0.383 e. The zero-order valence-corrected chi connectivity index (χ0v) is 13.5. The highest BCUT2D eigenvalue weighted by Gasteiger charge is 2.31. The van der Waals surface area contributed by atoms with Crippen LogP contribution in [0.2, 0.25) is 0 Å². The van der Waals surface area contributed by atoms with Gasteiger partial charge in [0.1, 0.15) is 0 Å². The molecule has 1 aliphatic rings. The Balaban J connectivity index is 1.97. The zero-order chi connectivity index (χ0) is 14.3. The van der Waals surface area contributed by atoms with E-state index in [0.717, 1.165) is 13.2 Å². The van der Waals surface area contributed by atoms with Gasteiger partial charge in [-0.3, -0.25) is 0 Å². The molecule has 1 aromatic rings. The predicted octanol–water partition coefficient (Wildman–Crippen LogP) is 4.03. The third kappa shape index (κ3) is 4.24. The molecule has 2 nitrogen and oxygen atoms in total. The van der Waals surface area contributed by atoms with E-state index in [-0.39, 0.29) is 0 Å². The fourth-order valence-corrected chi connectivity index (χ4v) is 4.01. The number of ether oxygens (including phenoxy) is 1. The molecule has 1 atom stereocenters. The van der Waals surface area contributed by atoms with E-state index in [4.69, 9.17) is 4.74 Å². The van der Waals surface area contributed by atoms with Gasteiger partial charge >= 0.3 is 0 Å². The molecule has 0 heterocycles. The van der Waals surface area contributed by atoms with Crippen LogP contribution in [0.1, 0.15) is 43.7 Å². The molecule has 1 saturated carbocycles. The second kappa shape index (κ2) is 8.06. The summed E-state index contributed by atoms with van der Waals surface area (Å²) >= 11 is 2.05. The molecule has 0 spiro atoms. The van der Waals surface area contributed by atoms with Gasteiger partial charge in [0.15, 0.2) is 0 Å². The lowest BCUT2D eigenvalue weighted by Gasteiger charge is -2.37. The Hall–Kier alpha value is -0.510. The molecule has 1 aliphatic carbocycles. The van der Waals surface area contributed by atoms with Crippen molar-refractivity contribution in [1.29, 1.82) is 0 Å². The van der Waals surface area contributed by atoms with Gasteiger partial charge in [-0.25, -0.2) is 0 Å². The topological polar surface area (TPSA) is 21.3 Å². The highest BCUT2D eigenvalue weighted by Crippen LogP contribution is 2.38. The Bertz CT molecular complexity index is 376. The van der Waals surface area contributed by atoms with Crippen molar-refractivity contribution in [2.45, 2.75) is 42.9 Å². The second-order valence-electron chi connectivity index (χ2n) is 5.75. The van der Waals surface area contributed by atoms with Crippen molar-refractivity contribution in [1.82, 2.24) is 5.32 Å². The first kappa shape index (κ1) is 15.9. The summed E-state index contributed by atoms with van der Waals surface area (Å²) in [7, 11) is 1.78. The molecule has 112 valence electrons. The van der Waals surface area contributed by atoms with E-state index >= 15 is 0 Å². The monoisotopic (exact) mass is 293 g/mol. The quantitative estimate of drug-likeness (QED) is 0.820. The largest absolute Gasteiger partial charge is 0.383 e. The third-order valence-corrected chi connectivity index (χ3v) is 5.82. The molecule has 0 aromatic heterocycles. The highest BCUT2D eigenvalue weighted by atomic mass is 32.2. The lowest BCUT2D eigenvalue weighted by molar-refractivity contribution is 0.164. The summed E-state index contributed by atoms with van der Waals surface area (Å²) in [5, 5.41) is 3.75. The van der Waals surface area contributed by atoms with E-state index in [1.807, 2.05) is 11.8 Å². The standard InChI is InChI=1S/C17H27NOS/c1-19-13-16(15-9-5-3-6-10-15)18-14-17(20-2)11-7-4-8-12-17/h3,5-6,9-10,16,18H,4,7-8,11-14H2,1-2H3. The first-order valence-corrected chi connectivity index (χ1v) is 8.84. The molecular formula is C17H27NOS. The predicted molar refractivity (Wildman–Crippen MR) is 88.4 cm³/mol. The molecule has 0 saturated heterocycles. The van der Waals surface area contributed by atoms with Gasteiger partial charge in [0.25, 0.3) is 0 Å². The summed E-state index contributed by atoms with van der Waals surface area (Å²) in [5.74, 6) is 0. The van der Waals surface area contributed by atoms with Gasteiger partial charge < -0.3 is 10.1 Å². The molecule has 0 amide bonds. The second-order valence-corrected chi connectivity index (χ2v) is 7.02. The SMILES string of the molecule is COCC(NCC1(SC)CCCCC1)c1ccccc1. The average molecular weight is 293 g/mol. The van der Waals surface area contributed by atoms with Crippen molar-refractivity contribution in [2.75, 3.05) is 26.5 Å². The number of thioether (sulfide) groups is 1. The molecule has 1 unspecified atom stereocenters. The minimum atomic E-state index is 0.298. The lowest BCUT2D eigenvalue weighted by Crippen LogP contribution is -2.41. The van der Waals surface area contributed by atoms with Crippen LogP contribution >= 0.6 is 11.8 Å². The van der Waals surface area contributed by atoms with Crippen molar-refractivity contribution in [3.05, 3.63) is 35.9 Å². The van der Waals surface area contributed by atoms with E-state index in [0.29, 0.717) is 10.8 Å². The van der Waals surface area contributed by atoms with Gasteiger partial charge in [0, 0.05) is 18.4 Å². The highest BCUT2D eigenvalue weighted by molar-refractivity contribution is 8.00. The van der Waals surface area contributed by atoms with Crippen molar-refractivity contribution < 1.29 is 4.74 Å². The summed E-state index contributed by atoms with van der Waals surface area (Å²) in [6.45, 7) is 1.81. The molecule has 20 heavy (non-hydrogen) atoms. The van der Waals surface area contributed by atoms with Crippen molar-refractivity contribution in [2.24, 2.45) is 0 Å². The summed E-state index contributed by atoms with van der Waals surface area (Å²) in [6.07, 6.45) is 9.11. The van der Waals surface area contributed by atoms with E-state index in [2.05, 4.69) is 41.9 Å². The molecule has 2 rings (SSSR count). The van der Waals surface area contributed by atoms with Crippen LogP contribution in [0.25, 0.3) is 0 Å². The third-order valence-electron chi connectivity index (χ3n) is 4.40. The molecule has 0 aliphatic heterocycles. The Morgan fingerprint density at radius 3 is 2.50 bits per heavy atom. The van der Waals surface area contributed by atoms with Gasteiger partial charge in [-0.15, -0.1) is 0 Å². The number of methoxy groups -OCH3 is 1. The Morgan fingerprint density at radius 2 is 1.90 bits per heavy atom. The van der Waals surface area contributed by atoms with Crippen LogP contribution in [0.15, 0.2) is 30.3 Å². The first-order valence-electron chi connectivity index (χ1n) is 7.62. The number of hydrogen-bond acceptors (Lipinski definition) is 3. The molecule has 3 heteroatoms. The summed E-state index contributed by atoms with van der Waals surface area (Å²) in [4.78, 5) is 0. The van der Waals surface area contributed by atoms with Crippen molar-refractivity contribution in [3.63, 3.8) is 0 Å². The normalized spacial score (nSPS) is 19.7. The molecule has 1 fully saturated rings. The van der Waals surface area contributed by atoms with Gasteiger partial charge in [-0.1, -0.05) is 49.6 Å². The Kier molecular flexibility index (Phi) is 6.40. The van der Waals surface area contributed by atoms with E-state index in [9.17, 15) is 0 Å². The van der Waals surface area contributed by atoms with E-state index in [1.165, 1.54) is 37.7 Å². The molecule has 1 aromatic carbocycles. The fourth-order valence-electron chi connectivity index (χ4n) is 3.08. The number of benzene rings is 1.